The number of aromatic nitrogens is 2. The summed E-state index contributed by atoms with van der Waals surface area (Å²) in [5, 5.41) is 18.5. The number of aliphatic hydroxyl groups is 1. The largest absolute Gasteiger partial charge is 0.387 e. The quantitative estimate of drug-likeness (QED) is 0.744. The van der Waals surface area contributed by atoms with Gasteiger partial charge in [-0.25, -0.2) is 0 Å². The number of likely N-dealkylation sites (tertiary alicyclic amines) is 1. The fourth-order valence-corrected chi connectivity index (χ4v) is 3.81. The molecule has 0 radical (unpaired) electrons. The number of rotatable bonds is 4. The van der Waals surface area contributed by atoms with Gasteiger partial charge in [-0.1, -0.05) is 23.5 Å². The van der Waals surface area contributed by atoms with Crippen LogP contribution in [0.25, 0.3) is 0 Å². The minimum absolute atomic E-state index is 0.193. The fraction of sp³-hybridized carbons (Fsp3) is 0.467. The van der Waals surface area contributed by atoms with Gasteiger partial charge in [-0.15, -0.1) is 5.10 Å². The Bertz CT molecular complexity index is 697. The SMILES string of the molecule is Cc1cccc(Nc2nn(C[NH+]3CCC[C@@H](O)C3)c(=S)s2)c1. The summed E-state index contributed by atoms with van der Waals surface area (Å²) in [4.78, 5) is 1.34. The summed E-state index contributed by atoms with van der Waals surface area (Å²) in [6.45, 7) is 4.63. The molecule has 1 unspecified atom stereocenters. The van der Waals surface area contributed by atoms with E-state index >= 15 is 0 Å². The van der Waals surface area contributed by atoms with E-state index in [2.05, 4.69) is 29.5 Å². The van der Waals surface area contributed by atoms with Crippen LogP contribution in [0.3, 0.4) is 0 Å². The number of hydrogen-bond donors (Lipinski definition) is 3. The van der Waals surface area contributed by atoms with Crippen LogP contribution >= 0.6 is 23.6 Å². The lowest BCUT2D eigenvalue weighted by molar-refractivity contribution is -0.931. The highest BCUT2D eigenvalue weighted by Gasteiger charge is 2.21. The van der Waals surface area contributed by atoms with Gasteiger partial charge in [0.1, 0.15) is 12.6 Å². The van der Waals surface area contributed by atoms with Gasteiger partial charge in [0, 0.05) is 5.69 Å². The highest BCUT2D eigenvalue weighted by Crippen LogP contribution is 2.20. The minimum atomic E-state index is -0.193. The Morgan fingerprint density at radius 2 is 2.41 bits per heavy atom. The first-order chi connectivity index (χ1) is 10.6. The molecule has 2 heterocycles. The Balaban J connectivity index is 1.69. The van der Waals surface area contributed by atoms with Gasteiger partial charge in [0.15, 0.2) is 10.6 Å². The van der Waals surface area contributed by atoms with Crippen LogP contribution in [0.1, 0.15) is 18.4 Å². The number of nitrogens with zero attached hydrogens (tertiary/aromatic N) is 2. The van der Waals surface area contributed by atoms with Crippen molar-refractivity contribution < 1.29 is 10.0 Å². The molecule has 22 heavy (non-hydrogen) atoms. The molecular weight excluding hydrogens is 316 g/mol. The number of piperidine rings is 1. The minimum Gasteiger partial charge on any atom is -0.387 e. The molecule has 118 valence electrons. The van der Waals surface area contributed by atoms with Gasteiger partial charge < -0.3 is 15.3 Å². The van der Waals surface area contributed by atoms with Crippen LogP contribution in [0.5, 0.6) is 0 Å². The second-order valence-corrected chi connectivity index (χ2v) is 7.45. The molecule has 0 amide bonds. The van der Waals surface area contributed by atoms with E-state index in [1.807, 2.05) is 16.8 Å². The fourth-order valence-electron chi connectivity index (χ4n) is 2.78. The van der Waals surface area contributed by atoms with Gasteiger partial charge >= 0.3 is 0 Å². The summed E-state index contributed by atoms with van der Waals surface area (Å²) in [5.74, 6) is 0. The van der Waals surface area contributed by atoms with Crippen molar-refractivity contribution in [2.45, 2.75) is 32.5 Å². The lowest BCUT2D eigenvalue weighted by Gasteiger charge is -2.26. The second kappa shape index (κ2) is 6.87. The second-order valence-electron chi connectivity index (χ2n) is 5.83. The number of aryl methyl sites for hydroxylation is 1. The van der Waals surface area contributed by atoms with E-state index in [9.17, 15) is 5.11 Å². The summed E-state index contributed by atoms with van der Waals surface area (Å²) < 4.78 is 2.63. The molecular formula is C15H21N4OS2+. The summed E-state index contributed by atoms with van der Waals surface area (Å²) in [7, 11) is 0. The molecule has 0 spiro atoms. The maximum Gasteiger partial charge on any atom is 0.209 e. The van der Waals surface area contributed by atoms with Crippen molar-refractivity contribution in [1.29, 1.82) is 0 Å². The predicted octanol–water partition coefficient (Wildman–Crippen LogP) is 1.72. The predicted molar refractivity (Wildman–Crippen MR) is 91.3 cm³/mol. The standard InChI is InChI=1S/C15H20N4OS2/c1-11-4-2-5-12(8-11)16-14-17-19(15(21)22-14)10-18-7-3-6-13(20)9-18/h2,4-5,8,13,20H,3,6-7,9-10H2,1H3,(H,16,17)/p+1/t13-/m1/s1. The van der Waals surface area contributed by atoms with Crippen LogP contribution in [0.4, 0.5) is 10.8 Å². The first-order valence-corrected chi connectivity index (χ1v) is 8.76. The Kier molecular flexibility index (Phi) is 4.87. The zero-order valence-corrected chi connectivity index (χ0v) is 14.2. The van der Waals surface area contributed by atoms with Crippen LogP contribution in [-0.2, 0) is 6.67 Å². The third-order valence-corrected chi connectivity index (χ3v) is 5.06. The normalized spacial score (nSPS) is 21.7. The van der Waals surface area contributed by atoms with E-state index in [0.29, 0.717) is 0 Å². The Labute approximate surface area is 139 Å². The van der Waals surface area contributed by atoms with E-state index in [4.69, 9.17) is 12.2 Å². The molecule has 1 aliphatic rings. The molecule has 5 nitrogen and oxygen atoms in total. The summed E-state index contributed by atoms with van der Waals surface area (Å²) in [6.07, 6.45) is 1.77. The van der Waals surface area contributed by atoms with Crippen molar-refractivity contribution in [3.63, 3.8) is 0 Å². The van der Waals surface area contributed by atoms with Crippen molar-refractivity contribution in [1.82, 2.24) is 9.78 Å². The number of hydrogen-bond acceptors (Lipinski definition) is 5. The Hall–Kier alpha value is -1.28. The number of quaternary nitrogens is 1. The number of anilines is 2. The van der Waals surface area contributed by atoms with Gasteiger partial charge in [0.05, 0.1) is 6.54 Å². The van der Waals surface area contributed by atoms with Crippen LogP contribution < -0.4 is 10.2 Å². The highest BCUT2D eigenvalue weighted by molar-refractivity contribution is 7.73. The molecule has 1 aliphatic heterocycles. The lowest BCUT2D eigenvalue weighted by atomic mass is 10.1. The molecule has 1 aromatic heterocycles. The maximum atomic E-state index is 9.77. The lowest BCUT2D eigenvalue weighted by Crippen LogP contribution is -3.13. The van der Waals surface area contributed by atoms with E-state index in [1.165, 1.54) is 21.8 Å². The summed E-state index contributed by atoms with van der Waals surface area (Å²) in [5.41, 5.74) is 2.23. The van der Waals surface area contributed by atoms with Crippen molar-refractivity contribution in [2.75, 3.05) is 18.4 Å². The Morgan fingerprint density at radius 3 is 3.18 bits per heavy atom. The highest BCUT2D eigenvalue weighted by atomic mass is 32.1. The monoisotopic (exact) mass is 337 g/mol. The van der Waals surface area contributed by atoms with Gasteiger partial charge in [-0.3, -0.25) is 0 Å². The molecule has 3 rings (SSSR count). The number of nitrogens with one attached hydrogen (secondary N) is 2. The summed E-state index contributed by atoms with van der Waals surface area (Å²) in [6, 6.07) is 8.19. The maximum absolute atomic E-state index is 9.77. The van der Waals surface area contributed by atoms with Crippen molar-refractivity contribution in [3.05, 3.63) is 33.8 Å². The molecule has 2 atom stereocenters. The van der Waals surface area contributed by atoms with Gasteiger partial charge in [0.25, 0.3) is 0 Å². The molecule has 2 aromatic rings. The van der Waals surface area contributed by atoms with Crippen LogP contribution in [-0.4, -0.2) is 34.1 Å². The number of benzene rings is 1. The topological polar surface area (TPSA) is 54.5 Å². The van der Waals surface area contributed by atoms with E-state index in [-0.39, 0.29) is 6.10 Å². The van der Waals surface area contributed by atoms with E-state index < -0.39 is 0 Å². The van der Waals surface area contributed by atoms with E-state index in [1.54, 1.807) is 0 Å². The molecule has 1 aromatic carbocycles. The van der Waals surface area contributed by atoms with Crippen LogP contribution in [0.15, 0.2) is 24.3 Å². The third-order valence-electron chi connectivity index (χ3n) is 3.84. The van der Waals surface area contributed by atoms with E-state index in [0.717, 1.165) is 47.4 Å². The zero-order valence-electron chi connectivity index (χ0n) is 12.6. The molecule has 0 saturated carbocycles. The first kappa shape index (κ1) is 15.6. The van der Waals surface area contributed by atoms with Crippen molar-refractivity contribution in [2.24, 2.45) is 0 Å². The van der Waals surface area contributed by atoms with Crippen molar-refractivity contribution >= 4 is 34.4 Å². The zero-order chi connectivity index (χ0) is 15.5. The van der Waals surface area contributed by atoms with Gasteiger partial charge in [-0.2, -0.15) is 4.68 Å². The average molecular weight is 337 g/mol. The first-order valence-electron chi connectivity index (χ1n) is 7.53. The van der Waals surface area contributed by atoms with Gasteiger partial charge in [0.2, 0.25) is 5.13 Å². The number of aliphatic hydroxyl groups excluding tert-OH is 1. The van der Waals surface area contributed by atoms with Crippen LogP contribution in [0, 0.1) is 10.9 Å². The molecule has 7 heteroatoms. The Morgan fingerprint density at radius 1 is 1.55 bits per heavy atom. The van der Waals surface area contributed by atoms with Gasteiger partial charge in [-0.05, 0) is 49.7 Å². The molecule has 1 saturated heterocycles. The molecule has 0 bridgehead atoms. The summed E-state index contributed by atoms with van der Waals surface area (Å²) >= 11 is 6.90. The van der Waals surface area contributed by atoms with Crippen LogP contribution in [0.2, 0.25) is 0 Å². The molecule has 1 fully saturated rings. The molecule has 0 aliphatic carbocycles. The molecule has 3 N–H and O–H groups in total. The third kappa shape index (κ3) is 3.92. The van der Waals surface area contributed by atoms with Crippen molar-refractivity contribution in [3.8, 4) is 0 Å². The average Bonchev–Trinajstić information content (AvgIpc) is 2.79. The smallest absolute Gasteiger partial charge is 0.209 e.